The molecule has 0 fully saturated rings. The van der Waals surface area contributed by atoms with Crippen LogP contribution in [0, 0.1) is 6.20 Å². The monoisotopic (exact) mass is 111 g/mol. The zero-order valence-electron chi connectivity index (χ0n) is 5.12. The van der Waals surface area contributed by atoms with Crippen molar-refractivity contribution in [1.29, 1.82) is 0 Å². The Balaban J connectivity index is 2.23. The first-order chi connectivity index (χ1) is 3.93. The minimum atomic E-state index is 0.966. The van der Waals surface area contributed by atoms with Crippen molar-refractivity contribution >= 4 is 0 Å². The van der Waals surface area contributed by atoms with E-state index < -0.39 is 0 Å². The highest BCUT2D eigenvalue weighted by molar-refractivity contribution is 5.01. The van der Waals surface area contributed by atoms with E-state index in [0.717, 1.165) is 6.54 Å². The van der Waals surface area contributed by atoms with Gasteiger partial charge in [0.2, 0.25) is 0 Å². The number of hydrogen-bond acceptors (Lipinski definition) is 2. The van der Waals surface area contributed by atoms with Crippen molar-refractivity contribution in [1.82, 2.24) is 10.9 Å². The SMILES string of the molecule is CCCC1=[C]NNC1. The smallest absolute Gasteiger partial charge is 0.0739 e. The molecule has 0 aromatic heterocycles. The molecule has 0 unspecified atom stereocenters. The van der Waals surface area contributed by atoms with E-state index in [1.165, 1.54) is 18.4 Å². The van der Waals surface area contributed by atoms with Gasteiger partial charge in [0, 0.05) is 6.54 Å². The van der Waals surface area contributed by atoms with Crippen LogP contribution in [0.5, 0.6) is 0 Å². The van der Waals surface area contributed by atoms with Crippen LogP contribution in [0.3, 0.4) is 0 Å². The van der Waals surface area contributed by atoms with Crippen molar-refractivity contribution in [3.05, 3.63) is 11.8 Å². The summed E-state index contributed by atoms with van der Waals surface area (Å²) in [7, 11) is 0. The Labute approximate surface area is 49.9 Å². The molecule has 0 aliphatic carbocycles. The molecule has 2 heteroatoms. The van der Waals surface area contributed by atoms with Crippen LogP contribution in [0.15, 0.2) is 5.57 Å². The van der Waals surface area contributed by atoms with Gasteiger partial charge in [-0.25, -0.2) is 5.43 Å². The average Bonchev–Trinajstić information content (AvgIpc) is 2.19. The molecule has 0 amide bonds. The number of nitrogens with one attached hydrogen (secondary N) is 2. The molecule has 2 N–H and O–H groups in total. The topological polar surface area (TPSA) is 24.1 Å². The van der Waals surface area contributed by atoms with Crippen molar-refractivity contribution in [2.45, 2.75) is 19.8 Å². The fraction of sp³-hybridized carbons (Fsp3) is 0.667. The van der Waals surface area contributed by atoms with Crippen molar-refractivity contribution < 1.29 is 0 Å². The molecule has 0 saturated carbocycles. The van der Waals surface area contributed by atoms with Crippen molar-refractivity contribution in [3.8, 4) is 0 Å². The highest BCUT2D eigenvalue weighted by Crippen LogP contribution is 2.02. The fourth-order valence-corrected chi connectivity index (χ4v) is 0.780. The Kier molecular flexibility index (Phi) is 1.92. The lowest BCUT2D eigenvalue weighted by Gasteiger charge is -1.92. The minimum absolute atomic E-state index is 0.966. The van der Waals surface area contributed by atoms with E-state index in [9.17, 15) is 0 Å². The Bertz CT molecular complexity index is 96.7. The molecule has 0 aromatic carbocycles. The molecule has 1 aliphatic heterocycles. The molecule has 0 spiro atoms. The predicted octanol–water partition coefficient (Wildman–Crippen LogP) is 0.581. The van der Waals surface area contributed by atoms with Gasteiger partial charge in [-0.1, -0.05) is 13.3 Å². The van der Waals surface area contributed by atoms with E-state index in [-0.39, 0.29) is 0 Å². The van der Waals surface area contributed by atoms with Crippen LogP contribution in [-0.2, 0) is 0 Å². The average molecular weight is 111 g/mol. The Morgan fingerprint density at radius 2 is 2.62 bits per heavy atom. The highest BCUT2D eigenvalue weighted by atomic mass is 15.4. The third-order valence-electron chi connectivity index (χ3n) is 1.18. The van der Waals surface area contributed by atoms with Crippen LogP contribution in [0.25, 0.3) is 0 Å². The van der Waals surface area contributed by atoms with Gasteiger partial charge in [-0.15, -0.1) is 0 Å². The molecule has 0 saturated heterocycles. The predicted molar refractivity (Wildman–Crippen MR) is 32.8 cm³/mol. The summed E-state index contributed by atoms with van der Waals surface area (Å²) in [5.41, 5.74) is 7.13. The maximum absolute atomic E-state index is 3.01. The number of hydrazine groups is 1. The van der Waals surface area contributed by atoms with Gasteiger partial charge in [0.15, 0.2) is 0 Å². The number of hydrogen-bond donors (Lipinski definition) is 2. The highest BCUT2D eigenvalue weighted by Gasteiger charge is 2.00. The van der Waals surface area contributed by atoms with E-state index in [4.69, 9.17) is 0 Å². The van der Waals surface area contributed by atoms with Gasteiger partial charge < -0.3 is 5.43 Å². The van der Waals surface area contributed by atoms with Crippen molar-refractivity contribution in [2.75, 3.05) is 6.54 Å². The quantitative estimate of drug-likeness (QED) is 0.544. The van der Waals surface area contributed by atoms with Crippen LogP contribution in [0.2, 0.25) is 0 Å². The van der Waals surface area contributed by atoms with Crippen molar-refractivity contribution in [2.24, 2.45) is 0 Å². The van der Waals surface area contributed by atoms with E-state index in [1.54, 1.807) is 0 Å². The largest absolute Gasteiger partial charge is 0.319 e. The van der Waals surface area contributed by atoms with E-state index >= 15 is 0 Å². The van der Waals surface area contributed by atoms with E-state index in [0.29, 0.717) is 0 Å². The van der Waals surface area contributed by atoms with Gasteiger partial charge in [0.05, 0.1) is 6.20 Å². The van der Waals surface area contributed by atoms with Gasteiger partial charge in [0.25, 0.3) is 0 Å². The van der Waals surface area contributed by atoms with Gasteiger partial charge in [0.1, 0.15) is 0 Å². The summed E-state index contributed by atoms with van der Waals surface area (Å²) in [6.07, 6.45) is 5.39. The summed E-state index contributed by atoms with van der Waals surface area (Å²) in [4.78, 5) is 0. The second-order valence-electron chi connectivity index (χ2n) is 1.96. The third-order valence-corrected chi connectivity index (χ3v) is 1.18. The van der Waals surface area contributed by atoms with Gasteiger partial charge >= 0.3 is 0 Å². The molecule has 2 nitrogen and oxygen atoms in total. The van der Waals surface area contributed by atoms with Crippen LogP contribution in [0.4, 0.5) is 0 Å². The zero-order valence-corrected chi connectivity index (χ0v) is 5.12. The molecular formula is C6H11N2. The Morgan fingerprint density at radius 1 is 1.75 bits per heavy atom. The fourth-order valence-electron chi connectivity index (χ4n) is 0.780. The van der Waals surface area contributed by atoms with Crippen LogP contribution in [-0.4, -0.2) is 6.54 Å². The lowest BCUT2D eigenvalue weighted by molar-refractivity contribution is 0.705. The van der Waals surface area contributed by atoms with E-state index in [2.05, 4.69) is 24.0 Å². The van der Waals surface area contributed by atoms with Gasteiger partial charge in [-0.3, -0.25) is 0 Å². The lowest BCUT2D eigenvalue weighted by Crippen LogP contribution is -2.20. The van der Waals surface area contributed by atoms with Gasteiger partial charge in [-0.05, 0) is 12.0 Å². The van der Waals surface area contributed by atoms with Crippen LogP contribution < -0.4 is 10.9 Å². The molecule has 1 aliphatic rings. The van der Waals surface area contributed by atoms with Gasteiger partial charge in [-0.2, -0.15) is 0 Å². The minimum Gasteiger partial charge on any atom is -0.319 e. The molecule has 0 bridgehead atoms. The standard InChI is InChI=1S/C6H11N2/c1-2-3-6-4-7-8-5-6/h7-8H,2-4H2,1H3. The normalized spacial score (nSPS) is 17.9. The molecule has 1 radical (unpaired) electrons. The molecule has 8 heavy (non-hydrogen) atoms. The lowest BCUT2D eigenvalue weighted by atomic mass is 10.2. The number of rotatable bonds is 2. The molecule has 1 heterocycles. The summed E-state index contributed by atoms with van der Waals surface area (Å²) < 4.78 is 0. The molecule has 0 aromatic rings. The molecular weight excluding hydrogens is 100 g/mol. The molecule has 1 rings (SSSR count). The zero-order chi connectivity index (χ0) is 5.82. The second kappa shape index (κ2) is 2.72. The summed E-state index contributed by atoms with van der Waals surface area (Å²) in [6.45, 7) is 3.14. The third kappa shape index (κ3) is 1.23. The first kappa shape index (κ1) is 5.63. The Morgan fingerprint density at radius 3 is 3.12 bits per heavy atom. The van der Waals surface area contributed by atoms with Crippen LogP contribution >= 0.6 is 0 Å². The Hall–Kier alpha value is -0.500. The van der Waals surface area contributed by atoms with Crippen molar-refractivity contribution in [3.63, 3.8) is 0 Å². The van der Waals surface area contributed by atoms with E-state index in [1.807, 2.05) is 0 Å². The maximum Gasteiger partial charge on any atom is 0.0739 e. The van der Waals surface area contributed by atoms with Crippen LogP contribution in [0.1, 0.15) is 19.8 Å². The molecule has 45 valence electrons. The second-order valence-corrected chi connectivity index (χ2v) is 1.96. The maximum atomic E-state index is 3.01. The first-order valence-electron chi connectivity index (χ1n) is 3.02. The summed E-state index contributed by atoms with van der Waals surface area (Å²) in [6, 6.07) is 0. The summed E-state index contributed by atoms with van der Waals surface area (Å²) in [5.74, 6) is 0. The summed E-state index contributed by atoms with van der Waals surface area (Å²) >= 11 is 0. The molecule has 0 atom stereocenters. The summed E-state index contributed by atoms with van der Waals surface area (Å²) in [5, 5.41) is 0. The first-order valence-corrected chi connectivity index (χ1v) is 3.02.